The van der Waals surface area contributed by atoms with Gasteiger partial charge in [-0.25, -0.2) is 4.79 Å². The van der Waals surface area contributed by atoms with Crippen LogP contribution in [0.4, 0.5) is 4.79 Å². The normalized spacial score (nSPS) is 11.7. The number of carbonyl (C=O) groups is 1. The van der Waals surface area contributed by atoms with E-state index in [-0.39, 0.29) is 6.03 Å². The van der Waals surface area contributed by atoms with Crippen molar-refractivity contribution in [2.75, 3.05) is 6.54 Å². The molecular weight excluding hydrogens is 260 g/mol. The van der Waals surface area contributed by atoms with E-state index in [1.54, 1.807) is 0 Å². The Morgan fingerprint density at radius 2 is 1.48 bits per heavy atom. The highest BCUT2D eigenvalue weighted by Crippen LogP contribution is 2.07. The van der Waals surface area contributed by atoms with Gasteiger partial charge in [-0.05, 0) is 23.5 Å². The van der Waals surface area contributed by atoms with Crippen molar-refractivity contribution >= 4 is 6.03 Å². The quantitative estimate of drug-likeness (QED) is 0.838. The molecule has 2 N–H and O–H groups in total. The van der Waals surface area contributed by atoms with Gasteiger partial charge in [0.2, 0.25) is 0 Å². The molecule has 0 heterocycles. The van der Waals surface area contributed by atoms with E-state index in [9.17, 15) is 4.79 Å². The predicted molar refractivity (Wildman–Crippen MR) is 86.0 cm³/mol. The number of carbonyl (C=O) groups excluding carboxylic acids is 1. The first-order valence-corrected chi connectivity index (χ1v) is 7.33. The highest BCUT2D eigenvalue weighted by molar-refractivity contribution is 5.73. The van der Waals surface area contributed by atoms with Gasteiger partial charge < -0.3 is 10.6 Å². The smallest absolute Gasteiger partial charge is 0.315 e. The van der Waals surface area contributed by atoms with Crippen LogP contribution in [-0.4, -0.2) is 12.6 Å². The van der Waals surface area contributed by atoms with Crippen LogP contribution in [0.15, 0.2) is 60.7 Å². The summed E-state index contributed by atoms with van der Waals surface area (Å²) in [5, 5.41) is 5.79. The van der Waals surface area contributed by atoms with E-state index >= 15 is 0 Å². The monoisotopic (exact) mass is 282 g/mol. The molecule has 0 aliphatic heterocycles. The minimum Gasteiger partial charge on any atom is -0.338 e. The molecule has 0 aliphatic rings. The fraction of sp³-hybridized carbons (Fsp3) is 0.278. The number of urea groups is 1. The number of nitrogens with one attached hydrogen (secondary N) is 2. The van der Waals surface area contributed by atoms with Gasteiger partial charge in [-0.3, -0.25) is 0 Å². The largest absolute Gasteiger partial charge is 0.338 e. The van der Waals surface area contributed by atoms with Crippen molar-refractivity contribution in [3.63, 3.8) is 0 Å². The second kappa shape index (κ2) is 8.10. The molecule has 0 aliphatic carbocycles. The highest BCUT2D eigenvalue weighted by atomic mass is 16.2. The fourth-order valence-corrected chi connectivity index (χ4v) is 2.20. The van der Waals surface area contributed by atoms with Gasteiger partial charge in [0.15, 0.2) is 0 Å². The van der Waals surface area contributed by atoms with Crippen LogP contribution in [0.3, 0.4) is 0 Å². The van der Waals surface area contributed by atoms with E-state index in [1.165, 1.54) is 5.56 Å². The molecule has 0 saturated heterocycles. The Bertz CT molecular complexity index is 540. The van der Waals surface area contributed by atoms with Crippen molar-refractivity contribution in [3.8, 4) is 0 Å². The lowest BCUT2D eigenvalue weighted by molar-refractivity contribution is 0.239. The van der Waals surface area contributed by atoms with Crippen LogP contribution < -0.4 is 10.6 Å². The van der Waals surface area contributed by atoms with Gasteiger partial charge >= 0.3 is 6.03 Å². The molecule has 1 atom stereocenters. The van der Waals surface area contributed by atoms with E-state index in [1.807, 2.05) is 48.5 Å². The maximum atomic E-state index is 11.8. The van der Waals surface area contributed by atoms with Gasteiger partial charge in [0.05, 0.1) is 0 Å². The molecule has 1 unspecified atom stereocenters. The summed E-state index contributed by atoms with van der Waals surface area (Å²) < 4.78 is 0. The summed E-state index contributed by atoms with van der Waals surface area (Å²) in [6.45, 7) is 3.37. The third-order valence-electron chi connectivity index (χ3n) is 3.33. The lowest BCUT2D eigenvalue weighted by Crippen LogP contribution is -2.37. The Balaban J connectivity index is 1.66. The average Bonchev–Trinajstić information content (AvgIpc) is 2.53. The van der Waals surface area contributed by atoms with Crippen LogP contribution in [0.5, 0.6) is 0 Å². The molecule has 0 aromatic heterocycles. The maximum absolute atomic E-state index is 11.8. The molecular formula is C18H22N2O. The predicted octanol–water partition coefficient (Wildman–Crippen LogP) is 3.36. The first kappa shape index (κ1) is 15.1. The maximum Gasteiger partial charge on any atom is 0.315 e. The minimum atomic E-state index is -0.112. The topological polar surface area (TPSA) is 41.1 Å². The van der Waals surface area contributed by atoms with Crippen molar-refractivity contribution in [3.05, 3.63) is 71.8 Å². The van der Waals surface area contributed by atoms with Crippen LogP contribution in [0, 0.1) is 5.92 Å². The molecule has 0 bridgehead atoms. The number of rotatable bonds is 6. The Hall–Kier alpha value is -2.29. The summed E-state index contributed by atoms with van der Waals surface area (Å²) in [4.78, 5) is 11.8. The first-order valence-electron chi connectivity index (χ1n) is 7.33. The molecule has 0 saturated carbocycles. The zero-order valence-corrected chi connectivity index (χ0v) is 12.4. The summed E-state index contributed by atoms with van der Waals surface area (Å²) >= 11 is 0. The summed E-state index contributed by atoms with van der Waals surface area (Å²) in [5.41, 5.74) is 2.40. The van der Waals surface area contributed by atoms with Gasteiger partial charge in [0.1, 0.15) is 0 Å². The molecule has 3 heteroatoms. The van der Waals surface area contributed by atoms with Crippen molar-refractivity contribution in [1.82, 2.24) is 10.6 Å². The summed E-state index contributed by atoms with van der Waals surface area (Å²) in [5.74, 6) is 0.412. The standard InChI is InChI=1S/C18H22N2O/c1-15(12-16-8-4-2-5-9-16)13-19-18(21)20-14-17-10-6-3-7-11-17/h2-11,15H,12-14H2,1H3,(H2,19,20,21). The average molecular weight is 282 g/mol. The molecule has 0 radical (unpaired) electrons. The Kier molecular flexibility index (Phi) is 5.83. The van der Waals surface area contributed by atoms with Crippen LogP contribution >= 0.6 is 0 Å². The zero-order valence-electron chi connectivity index (χ0n) is 12.4. The molecule has 2 aromatic rings. The van der Waals surface area contributed by atoms with Crippen LogP contribution in [0.25, 0.3) is 0 Å². The molecule has 0 fully saturated rings. The van der Waals surface area contributed by atoms with Crippen molar-refractivity contribution in [2.45, 2.75) is 19.9 Å². The number of hydrogen-bond acceptors (Lipinski definition) is 1. The molecule has 2 amide bonds. The van der Waals surface area contributed by atoms with E-state index in [4.69, 9.17) is 0 Å². The summed E-state index contributed by atoms with van der Waals surface area (Å²) in [6, 6.07) is 20.1. The van der Waals surface area contributed by atoms with Gasteiger partial charge in [-0.2, -0.15) is 0 Å². The van der Waals surface area contributed by atoms with Gasteiger partial charge in [-0.15, -0.1) is 0 Å². The number of amides is 2. The lowest BCUT2D eigenvalue weighted by Gasteiger charge is -2.13. The fourth-order valence-electron chi connectivity index (χ4n) is 2.20. The second-order valence-corrected chi connectivity index (χ2v) is 5.34. The summed E-state index contributed by atoms with van der Waals surface area (Å²) in [7, 11) is 0. The van der Waals surface area contributed by atoms with Crippen LogP contribution in [0.1, 0.15) is 18.1 Å². The second-order valence-electron chi connectivity index (χ2n) is 5.34. The highest BCUT2D eigenvalue weighted by Gasteiger charge is 2.06. The van der Waals surface area contributed by atoms with Gasteiger partial charge in [0, 0.05) is 13.1 Å². The van der Waals surface area contributed by atoms with Crippen molar-refractivity contribution in [1.29, 1.82) is 0 Å². The molecule has 3 nitrogen and oxygen atoms in total. The van der Waals surface area contributed by atoms with Gasteiger partial charge in [-0.1, -0.05) is 67.6 Å². The minimum absolute atomic E-state index is 0.112. The van der Waals surface area contributed by atoms with Crippen LogP contribution in [-0.2, 0) is 13.0 Å². The Morgan fingerprint density at radius 1 is 0.905 bits per heavy atom. The first-order chi connectivity index (χ1) is 10.2. The Morgan fingerprint density at radius 3 is 2.10 bits per heavy atom. The number of benzene rings is 2. The third-order valence-corrected chi connectivity index (χ3v) is 3.33. The molecule has 21 heavy (non-hydrogen) atoms. The van der Waals surface area contributed by atoms with Gasteiger partial charge in [0.25, 0.3) is 0 Å². The Labute approximate surface area is 126 Å². The van der Waals surface area contributed by atoms with E-state index in [0.29, 0.717) is 19.0 Å². The van der Waals surface area contributed by atoms with E-state index in [2.05, 4.69) is 29.7 Å². The molecule has 110 valence electrons. The lowest BCUT2D eigenvalue weighted by atomic mass is 10.0. The third kappa shape index (κ3) is 5.69. The summed E-state index contributed by atoms with van der Waals surface area (Å²) in [6.07, 6.45) is 0.972. The zero-order chi connectivity index (χ0) is 14.9. The SMILES string of the molecule is CC(CNC(=O)NCc1ccccc1)Cc1ccccc1. The van der Waals surface area contributed by atoms with E-state index < -0.39 is 0 Å². The van der Waals surface area contributed by atoms with Crippen molar-refractivity contribution < 1.29 is 4.79 Å². The van der Waals surface area contributed by atoms with Crippen molar-refractivity contribution in [2.24, 2.45) is 5.92 Å². The van der Waals surface area contributed by atoms with Crippen LogP contribution in [0.2, 0.25) is 0 Å². The molecule has 0 spiro atoms. The van der Waals surface area contributed by atoms with E-state index in [0.717, 1.165) is 12.0 Å². The molecule has 2 aromatic carbocycles. The number of hydrogen-bond donors (Lipinski definition) is 2. The molecule has 2 rings (SSSR count).